The zero-order chi connectivity index (χ0) is 10.1. The van der Waals surface area contributed by atoms with Crippen LogP contribution in [0.1, 0.15) is 42.9 Å². The Morgan fingerprint density at radius 1 is 1.40 bits per heavy atom. The minimum atomic E-state index is 0.195. The molecule has 1 aliphatic carbocycles. The number of oxazole rings is 1. The first-order valence-corrected chi connectivity index (χ1v) is 5.70. The highest BCUT2D eigenvalue weighted by molar-refractivity contribution is 5.06. The molecule has 4 heteroatoms. The second-order valence-corrected chi connectivity index (χ2v) is 4.31. The maximum atomic E-state index is 5.77. The molecule has 0 radical (unpaired) electrons. The number of rotatable bonds is 2. The minimum Gasteiger partial charge on any atom is -0.444 e. The first-order chi connectivity index (χ1) is 7.43. The Balaban J connectivity index is 1.71. The molecule has 0 aromatic carbocycles. The van der Waals surface area contributed by atoms with Gasteiger partial charge in [-0.15, -0.1) is 0 Å². The van der Waals surface area contributed by atoms with Gasteiger partial charge < -0.3 is 14.5 Å². The van der Waals surface area contributed by atoms with Crippen LogP contribution in [0.3, 0.4) is 0 Å². The molecule has 2 heterocycles. The molecule has 1 atom stereocenters. The maximum absolute atomic E-state index is 5.77. The van der Waals surface area contributed by atoms with Crippen molar-refractivity contribution in [2.45, 2.75) is 31.2 Å². The van der Waals surface area contributed by atoms with E-state index < -0.39 is 0 Å². The second-order valence-electron chi connectivity index (χ2n) is 4.31. The lowest BCUT2D eigenvalue weighted by atomic mass is 9.85. The van der Waals surface area contributed by atoms with Crippen molar-refractivity contribution in [1.82, 2.24) is 10.3 Å². The summed E-state index contributed by atoms with van der Waals surface area (Å²) in [6, 6.07) is 0.195. The molecule has 1 aromatic heterocycles. The molecule has 2 aliphatic rings. The summed E-state index contributed by atoms with van der Waals surface area (Å²) in [7, 11) is 0. The van der Waals surface area contributed by atoms with Crippen molar-refractivity contribution < 1.29 is 9.15 Å². The number of morpholine rings is 1. The summed E-state index contributed by atoms with van der Waals surface area (Å²) in [5, 5.41) is 3.36. The number of nitrogens with one attached hydrogen (secondary N) is 1. The van der Waals surface area contributed by atoms with Gasteiger partial charge in [-0.2, -0.15) is 0 Å². The molecule has 1 saturated carbocycles. The van der Waals surface area contributed by atoms with Crippen LogP contribution in [0, 0.1) is 0 Å². The highest BCUT2D eigenvalue weighted by Crippen LogP contribution is 2.36. The first kappa shape index (κ1) is 9.36. The van der Waals surface area contributed by atoms with E-state index in [0.29, 0.717) is 12.5 Å². The Hall–Kier alpha value is -0.870. The number of nitrogens with zero attached hydrogens (tertiary/aromatic N) is 1. The van der Waals surface area contributed by atoms with Crippen LogP contribution in [0.2, 0.25) is 0 Å². The molecule has 1 aromatic rings. The quantitative estimate of drug-likeness (QED) is 0.802. The Bertz CT molecular complexity index is 327. The normalized spacial score (nSPS) is 27.6. The first-order valence-electron chi connectivity index (χ1n) is 5.70. The highest BCUT2D eigenvalue weighted by Gasteiger charge is 2.26. The number of hydrogen-bond donors (Lipinski definition) is 1. The van der Waals surface area contributed by atoms with Crippen LogP contribution in [0.25, 0.3) is 0 Å². The van der Waals surface area contributed by atoms with E-state index in [1.165, 1.54) is 19.3 Å². The second kappa shape index (κ2) is 3.94. The van der Waals surface area contributed by atoms with Gasteiger partial charge in [0.15, 0.2) is 5.89 Å². The molecule has 4 nitrogen and oxygen atoms in total. The van der Waals surface area contributed by atoms with Crippen LogP contribution in [0.15, 0.2) is 10.6 Å². The third-order valence-electron chi connectivity index (χ3n) is 3.26. The van der Waals surface area contributed by atoms with E-state index >= 15 is 0 Å². The Kier molecular flexibility index (Phi) is 2.46. The molecular formula is C11H16N2O2. The van der Waals surface area contributed by atoms with Gasteiger partial charge >= 0.3 is 0 Å². The standard InChI is InChI=1S/C11H16N2O2/c1-2-8(3-1)11-13-6-10(15-11)9-7-14-5-4-12-9/h6,8-9,12H,1-5,7H2. The van der Waals surface area contributed by atoms with Crippen molar-refractivity contribution in [3.05, 3.63) is 17.8 Å². The largest absolute Gasteiger partial charge is 0.444 e. The van der Waals surface area contributed by atoms with Crippen molar-refractivity contribution in [2.75, 3.05) is 19.8 Å². The van der Waals surface area contributed by atoms with Crippen LogP contribution in [-0.4, -0.2) is 24.7 Å². The zero-order valence-electron chi connectivity index (χ0n) is 8.74. The van der Waals surface area contributed by atoms with Gasteiger partial charge in [0.2, 0.25) is 0 Å². The van der Waals surface area contributed by atoms with Gasteiger partial charge in [-0.1, -0.05) is 6.42 Å². The van der Waals surface area contributed by atoms with Gasteiger partial charge in [-0.25, -0.2) is 4.98 Å². The summed E-state index contributed by atoms with van der Waals surface area (Å²) in [6.07, 6.45) is 5.62. The fourth-order valence-electron chi connectivity index (χ4n) is 2.05. The van der Waals surface area contributed by atoms with E-state index in [4.69, 9.17) is 9.15 Å². The van der Waals surface area contributed by atoms with Gasteiger partial charge in [-0.3, -0.25) is 0 Å². The number of aromatic nitrogens is 1. The molecule has 3 rings (SSSR count). The fourth-order valence-corrected chi connectivity index (χ4v) is 2.05. The minimum absolute atomic E-state index is 0.195. The summed E-state index contributed by atoms with van der Waals surface area (Å²) < 4.78 is 11.2. The van der Waals surface area contributed by atoms with Crippen molar-refractivity contribution in [1.29, 1.82) is 0 Å². The van der Waals surface area contributed by atoms with Gasteiger partial charge in [0.05, 0.1) is 25.5 Å². The van der Waals surface area contributed by atoms with Crippen LogP contribution < -0.4 is 5.32 Å². The van der Waals surface area contributed by atoms with Gasteiger partial charge in [0, 0.05) is 12.5 Å². The van der Waals surface area contributed by atoms with Crippen LogP contribution in [0.4, 0.5) is 0 Å². The third kappa shape index (κ3) is 1.79. The molecule has 1 aliphatic heterocycles. The van der Waals surface area contributed by atoms with E-state index in [2.05, 4.69) is 10.3 Å². The van der Waals surface area contributed by atoms with Gasteiger partial charge in [0.25, 0.3) is 0 Å². The molecular weight excluding hydrogens is 192 g/mol. The molecule has 1 unspecified atom stereocenters. The third-order valence-corrected chi connectivity index (χ3v) is 3.26. The predicted octanol–water partition coefficient (Wildman–Crippen LogP) is 1.60. The van der Waals surface area contributed by atoms with Crippen LogP contribution in [-0.2, 0) is 4.74 Å². The summed E-state index contributed by atoms with van der Waals surface area (Å²) in [5.41, 5.74) is 0. The molecule has 1 saturated heterocycles. The summed E-state index contributed by atoms with van der Waals surface area (Å²) >= 11 is 0. The number of hydrogen-bond acceptors (Lipinski definition) is 4. The molecule has 82 valence electrons. The molecule has 1 N–H and O–H groups in total. The lowest BCUT2D eigenvalue weighted by Gasteiger charge is -2.23. The van der Waals surface area contributed by atoms with Crippen molar-refractivity contribution in [2.24, 2.45) is 0 Å². The fraction of sp³-hybridized carbons (Fsp3) is 0.727. The maximum Gasteiger partial charge on any atom is 0.197 e. The van der Waals surface area contributed by atoms with Gasteiger partial charge in [0.1, 0.15) is 5.76 Å². The number of ether oxygens (including phenoxy) is 1. The lowest BCUT2D eigenvalue weighted by molar-refractivity contribution is 0.0691. The van der Waals surface area contributed by atoms with Crippen LogP contribution in [0.5, 0.6) is 0 Å². The van der Waals surface area contributed by atoms with Gasteiger partial charge in [-0.05, 0) is 12.8 Å². The predicted molar refractivity (Wildman–Crippen MR) is 54.7 cm³/mol. The Morgan fingerprint density at radius 3 is 3.00 bits per heavy atom. The molecule has 0 spiro atoms. The topological polar surface area (TPSA) is 47.3 Å². The van der Waals surface area contributed by atoms with E-state index in [1.807, 2.05) is 6.20 Å². The Labute approximate surface area is 89.0 Å². The average molecular weight is 208 g/mol. The van der Waals surface area contributed by atoms with E-state index in [1.54, 1.807) is 0 Å². The van der Waals surface area contributed by atoms with Crippen molar-refractivity contribution in [3.8, 4) is 0 Å². The monoisotopic (exact) mass is 208 g/mol. The molecule has 0 amide bonds. The summed E-state index contributed by atoms with van der Waals surface area (Å²) in [4.78, 5) is 4.35. The molecule has 0 bridgehead atoms. The van der Waals surface area contributed by atoms with E-state index in [0.717, 1.165) is 24.8 Å². The average Bonchev–Trinajstić information content (AvgIpc) is 2.66. The van der Waals surface area contributed by atoms with E-state index in [9.17, 15) is 0 Å². The van der Waals surface area contributed by atoms with Crippen LogP contribution >= 0.6 is 0 Å². The summed E-state index contributed by atoms with van der Waals surface area (Å²) in [6.45, 7) is 2.38. The lowest BCUT2D eigenvalue weighted by Crippen LogP contribution is -2.34. The smallest absolute Gasteiger partial charge is 0.197 e. The van der Waals surface area contributed by atoms with E-state index in [-0.39, 0.29) is 6.04 Å². The summed E-state index contributed by atoms with van der Waals surface area (Å²) in [5.74, 6) is 2.42. The zero-order valence-corrected chi connectivity index (χ0v) is 8.74. The van der Waals surface area contributed by atoms with Crippen molar-refractivity contribution >= 4 is 0 Å². The molecule has 15 heavy (non-hydrogen) atoms. The Morgan fingerprint density at radius 2 is 2.33 bits per heavy atom. The SMILES string of the molecule is c1nc(C2CCC2)oc1C1COCCN1. The molecule has 2 fully saturated rings. The highest BCUT2D eigenvalue weighted by atomic mass is 16.5. The van der Waals surface area contributed by atoms with Crippen molar-refractivity contribution in [3.63, 3.8) is 0 Å².